The van der Waals surface area contributed by atoms with E-state index in [4.69, 9.17) is 0 Å². The molecule has 0 atom stereocenters. The van der Waals surface area contributed by atoms with Crippen LogP contribution in [-0.4, -0.2) is 37.0 Å². The fraction of sp³-hybridized carbons (Fsp3) is 1.00. The lowest BCUT2D eigenvalue weighted by atomic mass is 10.2. The van der Waals surface area contributed by atoms with Crippen molar-refractivity contribution in [3.05, 3.63) is 0 Å². The normalized spacial score (nSPS) is 12.0. The molecule has 0 aliphatic carbocycles. The number of halogens is 1. The van der Waals surface area contributed by atoms with Crippen molar-refractivity contribution in [1.29, 1.82) is 0 Å². The number of quaternary nitrogens is 1. The quantitative estimate of drug-likeness (QED) is 0.362. The smallest absolute Gasteiger partial charge is 0.0782 e. The Morgan fingerprint density at radius 3 is 2.08 bits per heavy atom. The molecular weight excluding hydrogens is 214 g/mol. The van der Waals surface area contributed by atoms with Crippen LogP contribution in [0.5, 0.6) is 0 Å². The van der Waals surface area contributed by atoms with Crippen molar-refractivity contribution in [2.24, 2.45) is 0 Å². The summed E-state index contributed by atoms with van der Waals surface area (Å²) in [6.45, 7) is 4.84. The number of alkyl halides is 1. The molecule has 0 aliphatic heterocycles. The maximum absolute atomic E-state index is 3.45. The Morgan fingerprint density at radius 2 is 1.58 bits per heavy atom. The van der Waals surface area contributed by atoms with Gasteiger partial charge in [0.1, 0.15) is 0 Å². The molecule has 0 amide bonds. The molecule has 2 heteroatoms. The highest BCUT2D eigenvalue weighted by atomic mass is 79.9. The summed E-state index contributed by atoms with van der Waals surface area (Å²) in [5.41, 5.74) is 0. The first kappa shape index (κ1) is 12.4. The maximum Gasteiger partial charge on any atom is 0.0782 e. The van der Waals surface area contributed by atoms with Crippen LogP contribution < -0.4 is 0 Å². The van der Waals surface area contributed by atoms with E-state index in [1.54, 1.807) is 0 Å². The molecule has 0 unspecified atom stereocenters. The van der Waals surface area contributed by atoms with E-state index in [0.29, 0.717) is 0 Å². The Hall–Kier alpha value is 0.440. The Balaban J connectivity index is 3.19. The standard InChI is InChI=1S/C10H23BrN/c1-4-12(2,3)10-8-6-5-7-9-11/h4-10H2,1-3H3/q+1. The van der Waals surface area contributed by atoms with Crippen LogP contribution in [0.25, 0.3) is 0 Å². The predicted molar refractivity (Wildman–Crippen MR) is 59.8 cm³/mol. The van der Waals surface area contributed by atoms with Gasteiger partial charge in [0.05, 0.1) is 27.2 Å². The van der Waals surface area contributed by atoms with Crippen LogP contribution >= 0.6 is 15.9 Å². The highest BCUT2D eigenvalue weighted by Crippen LogP contribution is 2.05. The minimum atomic E-state index is 1.17. The number of hydrogen-bond acceptors (Lipinski definition) is 0. The van der Waals surface area contributed by atoms with E-state index in [0.717, 1.165) is 0 Å². The molecule has 0 radical (unpaired) electrons. The Bertz CT molecular complexity index is 102. The van der Waals surface area contributed by atoms with Crippen LogP contribution in [0.3, 0.4) is 0 Å². The van der Waals surface area contributed by atoms with Gasteiger partial charge in [0.25, 0.3) is 0 Å². The van der Waals surface area contributed by atoms with Gasteiger partial charge in [0, 0.05) is 5.33 Å². The molecule has 12 heavy (non-hydrogen) atoms. The van der Waals surface area contributed by atoms with Crippen LogP contribution in [0.4, 0.5) is 0 Å². The van der Waals surface area contributed by atoms with E-state index in [1.807, 2.05) is 0 Å². The second kappa shape index (κ2) is 6.90. The summed E-state index contributed by atoms with van der Waals surface area (Å²) < 4.78 is 1.17. The summed E-state index contributed by atoms with van der Waals surface area (Å²) in [5, 5.41) is 1.17. The van der Waals surface area contributed by atoms with Crippen molar-refractivity contribution < 1.29 is 4.48 Å². The van der Waals surface area contributed by atoms with Gasteiger partial charge in [-0.3, -0.25) is 0 Å². The summed E-state index contributed by atoms with van der Waals surface area (Å²) in [6.07, 6.45) is 5.50. The lowest BCUT2D eigenvalue weighted by molar-refractivity contribution is -0.888. The monoisotopic (exact) mass is 236 g/mol. The lowest BCUT2D eigenvalue weighted by Crippen LogP contribution is -2.39. The van der Waals surface area contributed by atoms with Gasteiger partial charge in [0.2, 0.25) is 0 Å². The number of nitrogens with zero attached hydrogens (tertiary/aromatic N) is 1. The van der Waals surface area contributed by atoms with Gasteiger partial charge in [-0.1, -0.05) is 22.4 Å². The van der Waals surface area contributed by atoms with Crippen molar-refractivity contribution >= 4 is 15.9 Å². The van der Waals surface area contributed by atoms with E-state index in [-0.39, 0.29) is 0 Å². The molecule has 0 rings (SSSR count). The first-order valence-corrected chi connectivity index (χ1v) is 6.12. The Morgan fingerprint density at radius 1 is 1.00 bits per heavy atom. The summed E-state index contributed by atoms with van der Waals surface area (Å²) in [5.74, 6) is 0. The van der Waals surface area contributed by atoms with Gasteiger partial charge < -0.3 is 4.48 Å². The summed E-state index contributed by atoms with van der Waals surface area (Å²) in [6, 6.07) is 0. The molecular formula is C10H23BrN+. The van der Waals surface area contributed by atoms with E-state index in [2.05, 4.69) is 36.9 Å². The minimum absolute atomic E-state index is 1.17. The first-order chi connectivity index (χ1) is 5.62. The molecule has 0 aromatic heterocycles. The molecule has 74 valence electrons. The maximum atomic E-state index is 3.45. The van der Waals surface area contributed by atoms with Crippen LogP contribution in [0.1, 0.15) is 32.6 Å². The average molecular weight is 237 g/mol. The van der Waals surface area contributed by atoms with Crippen molar-refractivity contribution in [2.75, 3.05) is 32.5 Å². The van der Waals surface area contributed by atoms with Crippen LogP contribution in [0, 0.1) is 0 Å². The Kier molecular flexibility index (Phi) is 7.16. The van der Waals surface area contributed by atoms with Gasteiger partial charge in [-0.2, -0.15) is 0 Å². The second-order valence-corrected chi connectivity index (χ2v) is 4.87. The summed E-state index contributed by atoms with van der Waals surface area (Å²) in [4.78, 5) is 0. The molecule has 0 aromatic rings. The third-order valence-corrected chi connectivity index (χ3v) is 3.06. The zero-order chi connectivity index (χ0) is 9.45. The Labute approximate surface area is 85.9 Å². The average Bonchev–Trinajstić information content (AvgIpc) is 2.04. The molecule has 0 N–H and O–H groups in total. The highest BCUT2D eigenvalue weighted by Gasteiger charge is 2.09. The van der Waals surface area contributed by atoms with Gasteiger partial charge in [-0.15, -0.1) is 0 Å². The second-order valence-electron chi connectivity index (χ2n) is 4.08. The van der Waals surface area contributed by atoms with Gasteiger partial charge >= 0.3 is 0 Å². The fourth-order valence-electron chi connectivity index (χ4n) is 1.15. The van der Waals surface area contributed by atoms with Crippen LogP contribution in [0.15, 0.2) is 0 Å². The van der Waals surface area contributed by atoms with Gasteiger partial charge in [0.15, 0.2) is 0 Å². The molecule has 0 saturated heterocycles. The zero-order valence-corrected chi connectivity index (χ0v) is 10.4. The molecule has 1 nitrogen and oxygen atoms in total. The molecule has 0 aromatic carbocycles. The van der Waals surface area contributed by atoms with Gasteiger partial charge in [-0.05, 0) is 26.2 Å². The zero-order valence-electron chi connectivity index (χ0n) is 8.77. The number of unbranched alkanes of at least 4 members (excludes halogenated alkanes) is 3. The predicted octanol–water partition coefficient (Wildman–Crippen LogP) is 3.04. The molecule has 0 saturated carbocycles. The summed E-state index contributed by atoms with van der Waals surface area (Å²) >= 11 is 3.45. The van der Waals surface area contributed by atoms with Crippen molar-refractivity contribution in [3.8, 4) is 0 Å². The lowest BCUT2D eigenvalue weighted by Gasteiger charge is -2.28. The summed E-state index contributed by atoms with van der Waals surface area (Å²) in [7, 11) is 4.62. The van der Waals surface area contributed by atoms with Crippen LogP contribution in [0.2, 0.25) is 0 Å². The van der Waals surface area contributed by atoms with E-state index in [9.17, 15) is 0 Å². The van der Waals surface area contributed by atoms with E-state index >= 15 is 0 Å². The minimum Gasteiger partial charge on any atom is -0.329 e. The molecule has 0 spiro atoms. The largest absolute Gasteiger partial charge is 0.329 e. The third kappa shape index (κ3) is 7.11. The third-order valence-electron chi connectivity index (χ3n) is 2.50. The van der Waals surface area contributed by atoms with Crippen LogP contribution in [-0.2, 0) is 0 Å². The van der Waals surface area contributed by atoms with Crippen molar-refractivity contribution in [2.45, 2.75) is 32.6 Å². The van der Waals surface area contributed by atoms with E-state index in [1.165, 1.54) is 48.6 Å². The van der Waals surface area contributed by atoms with Gasteiger partial charge in [-0.25, -0.2) is 0 Å². The first-order valence-electron chi connectivity index (χ1n) is 5.00. The van der Waals surface area contributed by atoms with E-state index < -0.39 is 0 Å². The SMILES string of the molecule is CC[N+](C)(C)CCCCCCBr. The molecule has 0 aliphatic rings. The molecule has 0 fully saturated rings. The van der Waals surface area contributed by atoms with Crippen molar-refractivity contribution in [1.82, 2.24) is 0 Å². The number of hydrogen-bond donors (Lipinski definition) is 0. The fourth-order valence-corrected chi connectivity index (χ4v) is 1.54. The highest BCUT2D eigenvalue weighted by molar-refractivity contribution is 9.09. The topological polar surface area (TPSA) is 0 Å². The number of rotatable bonds is 7. The molecule has 0 bridgehead atoms. The molecule has 0 heterocycles. The van der Waals surface area contributed by atoms with Crippen molar-refractivity contribution in [3.63, 3.8) is 0 Å².